The van der Waals surface area contributed by atoms with Crippen molar-refractivity contribution in [2.45, 2.75) is 26.7 Å². The lowest BCUT2D eigenvalue weighted by Crippen LogP contribution is -2.36. The van der Waals surface area contributed by atoms with Gasteiger partial charge in [-0.3, -0.25) is 9.59 Å². The topological polar surface area (TPSA) is 92.7 Å². The Morgan fingerprint density at radius 1 is 1.13 bits per heavy atom. The largest absolute Gasteiger partial charge is 0.481 e. The Balaban J connectivity index is 1.70. The Hall–Kier alpha value is -2.93. The van der Waals surface area contributed by atoms with Crippen molar-refractivity contribution in [1.82, 2.24) is 0 Å². The third-order valence-electron chi connectivity index (χ3n) is 6.07. The maximum atomic E-state index is 13.2. The number of aryl methyl sites for hydroxylation is 1. The van der Waals surface area contributed by atoms with Crippen LogP contribution in [0.1, 0.15) is 35.0 Å². The smallest absolute Gasteiger partial charge is 0.341 e. The molecule has 1 heterocycles. The summed E-state index contributed by atoms with van der Waals surface area (Å²) in [6, 6.07) is 9.52. The fraction of sp³-hybridized carbons (Fsp3) is 0.375. The van der Waals surface area contributed by atoms with Gasteiger partial charge in [0.2, 0.25) is 5.91 Å². The van der Waals surface area contributed by atoms with Gasteiger partial charge in [-0.2, -0.15) is 0 Å². The van der Waals surface area contributed by atoms with Gasteiger partial charge in [0, 0.05) is 10.4 Å². The minimum absolute atomic E-state index is 0.0868. The lowest BCUT2D eigenvalue weighted by Gasteiger charge is -2.23. The second kappa shape index (κ2) is 8.67. The molecule has 1 amide bonds. The van der Waals surface area contributed by atoms with Crippen molar-refractivity contribution in [3.63, 3.8) is 0 Å². The van der Waals surface area contributed by atoms with Crippen molar-refractivity contribution in [1.29, 1.82) is 0 Å². The van der Waals surface area contributed by atoms with E-state index < -0.39 is 23.8 Å². The molecule has 1 saturated carbocycles. The van der Waals surface area contributed by atoms with Crippen LogP contribution in [-0.4, -0.2) is 29.6 Å². The van der Waals surface area contributed by atoms with Crippen LogP contribution >= 0.6 is 11.3 Å². The van der Waals surface area contributed by atoms with E-state index in [-0.39, 0.29) is 24.3 Å². The van der Waals surface area contributed by atoms with Gasteiger partial charge in [-0.05, 0) is 37.2 Å². The van der Waals surface area contributed by atoms with Crippen LogP contribution in [0.15, 0.2) is 42.5 Å². The predicted octanol–water partition coefficient (Wildman–Crippen LogP) is 4.75. The second-order valence-corrected chi connectivity index (χ2v) is 9.29. The number of rotatable bonds is 7. The van der Waals surface area contributed by atoms with Crippen LogP contribution in [0, 0.1) is 30.6 Å². The summed E-state index contributed by atoms with van der Waals surface area (Å²) in [7, 11) is 0. The van der Waals surface area contributed by atoms with Gasteiger partial charge in [0.1, 0.15) is 10.6 Å². The molecule has 0 saturated heterocycles. The van der Waals surface area contributed by atoms with Crippen molar-refractivity contribution < 1.29 is 24.2 Å². The summed E-state index contributed by atoms with van der Waals surface area (Å²) in [5.74, 6) is -3.37. The average molecular weight is 440 g/mol. The van der Waals surface area contributed by atoms with E-state index in [4.69, 9.17) is 4.74 Å². The minimum Gasteiger partial charge on any atom is -0.481 e. The first kappa shape index (κ1) is 21.3. The molecule has 2 N–H and O–H groups in total. The van der Waals surface area contributed by atoms with Gasteiger partial charge in [0.25, 0.3) is 0 Å². The molecule has 2 aromatic rings. The number of carboxylic acids is 1. The number of hydrogen-bond acceptors (Lipinski definition) is 5. The van der Waals surface area contributed by atoms with Crippen LogP contribution in [0.25, 0.3) is 11.1 Å². The van der Waals surface area contributed by atoms with Gasteiger partial charge < -0.3 is 15.2 Å². The van der Waals surface area contributed by atoms with Crippen LogP contribution < -0.4 is 5.32 Å². The summed E-state index contributed by atoms with van der Waals surface area (Å²) in [5, 5.41) is 13.0. The number of hydrogen-bond donors (Lipinski definition) is 2. The first-order chi connectivity index (χ1) is 14.9. The van der Waals surface area contributed by atoms with E-state index in [0.29, 0.717) is 23.4 Å². The van der Waals surface area contributed by atoms with E-state index in [1.165, 1.54) is 11.3 Å². The molecule has 2 aliphatic rings. The normalized spacial score (nSPS) is 23.7. The van der Waals surface area contributed by atoms with Crippen molar-refractivity contribution >= 4 is 34.2 Å². The number of carboxylic acid groups (broad SMARTS) is 1. The summed E-state index contributed by atoms with van der Waals surface area (Å²) < 4.78 is 5.42. The highest BCUT2D eigenvalue weighted by Gasteiger charge is 2.51. The first-order valence-electron chi connectivity index (χ1n) is 10.5. The Morgan fingerprint density at radius 3 is 2.45 bits per heavy atom. The first-order valence-corrected chi connectivity index (χ1v) is 11.3. The molecule has 0 spiro atoms. The fourth-order valence-corrected chi connectivity index (χ4v) is 5.83. The number of nitrogens with one attached hydrogen (secondary N) is 1. The lowest BCUT2D eigenvalue weighted by atomic mass is 9.82. The van der Waals surface area contributed by atoms with Crippen molar-refractivity contribution in [2.24, 2.45) is 23.7 Å². The molecule has 7 heteroatoms. The van der Waals surface area contributed by atoms with E-state index >= 15 is 0 Å². The number of esters is 1. The van der Waals surface area contributed by atoms with Gasteiger partial charge in [-0.15, -0.1) is 11.3 Å². The van der Waals surface area contributed by atoms with Crippen LogP contribution in [0.2, 0.25) is 0 Å². The highest BCUT2D eigenvalue weighted by Crippen LogP contribution is 2.49. The molecule has 162 valence electrons. The quantitative estimate of drug-likeness (QED) is 0.480. The molecular weight excluding hydrogens is 414 g/mol. The van der Waals surface area contributed by atoms with Gasteiger partial charge in [0.15, 0.2) is 0 Å². The standard InChI is InChI=1S/C24H25NO5S/c1-3-11-30-24(29)20-17(14-7-5-4-6-8-14)13(2)31-22(20)25-21(26)18-15-9-10-16(12-15)19(18)23(27)28/h4-10,15-16,18-19H,3,11-12H2,1-2H3,(H,25,26)(H,27,28)/t15-,16-,18+,19+/m0/s1. The molecule has 31 heavy (non-hydrogen) atoms. The number of aliphatic carboxylic acids is 1. The number of carbonyl (C=O) groups is 3. The number of thiophene rings is 1. The van der Waals surface area contributed by atoms with Crippen LogP contribution in [-0.2, 0) is 14.3 Å². The minimum atomic E-state index is -0.952. The van der Waals surface area contributed by atoms with Gasteiger partial charge >= 0.3 is 11.9 Å². The Bertz CT molecular complexity index is 1040. The second-order valence-electron chi connectivity index (χ2n) is 8.07. The SMILES string of the molecule is CCCOC(=O)c1c(NC(=O)[C@H]2[C@H](C(=O)O)[C@H]3C=C[C@H]2C3)sc(C)c1-c1ccccc1. The maximum absolute atomic E-state index is 13.2. The van der Waals surface area contributed by atoms with Crippen LogP contribution in [0.5, 0.6) is 0 Å². The summed E-state index contributed by atoms with van der Waals surface area (Å²) in [6.45, 7) is 4.11. The molecule has 1 aromatic carbocycles. The number of allylic oxidation sites excluding steroid dienone is 2. The molecule has 2 aliphatic carbocycles. The third-order valence-corrected chi connectivity index (χ3v) is 7.09. The molecule has 4 atom stereocenters. The molecule has 0 radical (unpaired) electrons. The van der Waals surface area contributed by atoms with Crippen molar-refractivity contribution in [2.75, 3.05) is 11.9 Å². The molecule has 1 aromatic heterocycles. The van der Waals surface area contributed by atoms with Crippen LogP contribution in [0.3, 0.4) is 0 Å². The van der Waals surface area contributed by atoms with E-state index in [1.54, 1.807) is 0 Å². The van der Waals surface area contributed by atoms with Crippen molar-refractivity contribution in [3.05, 3.63) is 52.9 Å². The molecule has 4 rings (SSSR count). The molecule has 6 nitrogen and oxygen atoms in total. The third kappa shape index (κ3) is 3.90. The monoisotopic (exact) mass is 439 g/mol. The van der Waals surface area contributed by atoms with E-state index in [0.717, 1.165) is 16.0 Å². The molecule has 1 fully saturated rings. The zero-order chi connectivity index (χ0) is 22.1. The highest BCUT2D eigenvalue weighted by molar-refractivity contribution is 7.17. The van der Waals surface area contributed by atoms with E-state index in [9.17, 15) is 19.5 Å². The number of benzene rings is 1. The Kier molecular flexibility index (Phi) is 5.96. The zero-order valence-electron chi connectivity index (χ0n) is 17.5. The maximum Gasteiger partial charge on any atom is 0.341 e. The zero-order valence-corrected chi connectivity index (χ0v) is 18.3. The summed E-state index contributed by atoms with van der Waals surface area (Å²) in [4.78, 5) is 38.9. The van der Waals surface area contributed by atoms with Crippen molar-refractivity contribution in [3.8, 4) is 11.1 Å². The number of anilines is 1. The van der Waals surface area contributed by atoms with E-state index in [1.807, 2.05) is 56.3 Å². The van der Waals surface area contributed by atoms with Gasteiger partial charge in [0.05, 0.1) is 18.4 Å². The number of amides is 1. The Labute approximate surface area is 184 Å². The molecule has 2 bridgehead atoms. The Morgan fingerprint density at radius 2 is 1.81 bits per heavy atom. The molecular formula is C24H25NO5S. The van der Waals surface area contributed by atoms with Gasteiger partial charge in [-0.25, -0.2) is 4.79 Å². The number of carbonyl (C=O) groups excluding carboxylic acids is 2. The highest BCUT2D eigenvalue weighted by atomic mass is 32.1. The number of ether oxygens (including phenoxy) is 1. The summed E-state index contributed by atoms with van der Waals surface area (Å²) in [6.07, 6.45) is 5.22. The van der Waals surface area contributed by atoms with Crippen LogP contribution in [0.4, 0.5) is 5.00 Å². The number of fused-ring (bicyclic) bond motifs is 2. The summed E-state index contributed by atoms with van der Waals surface area (Å²) in [5.41, 5.74) is 1.94. The summed E-state index contributed by atoms with van der Waals surface area (Å²) >= 11 is 1.32. The lowest BCUT2D eigenvalue weighted by molar-refractivity contribution is -0.146. The van der Waals surface area contributed by atoms with Gasteiger partial charge in [-0.1, -0.05) is 49.4 Å². The average Bonchev–Trinajstić information content (AvgIpc) is 3.45. The predicted molar refractivity (Wildman–Crippen MR) is 119 cm³/mol. The van der Waals surface area contributed by atoms with E-state index in [2.05, 4.69) is 5.32 Å². The molecule has 0 unspecified atom stereocenters. The fourth-order valence-electron chi connectivity index (χ4n) is 4.76. The molecule has 0 aliphatic heterocycles.